The number of aryl methyl sites for hydroxylation is 2. The average molecular weight is 1080 g/mol. The largest absolute Gasteiger partial charge is 0.461 e. The van der Waals surface area contributed by atoms with Crippen LogP contribution in [-0.2, 0) is 32.5 Å². The van der Waals surface area contributed by atoms with Crippen molar-refractivity contribution < 1.29 is 41.8 Å². The number of nitrogens with one attached hydrogen (secondary N) is 1. The van der Waals surface area contributed by atoms with Crippen LogP contribution in [0.3, 0.4) is 0 Å². The van der Waals surface area contributed by atoms with E-state index in [9.17, 15) is 18.8 Å². The molecule has 20 heteroatoms. The predicted molar refractivity (Wildman–Crippen MR) is 291 cm³/mol. The van der Waals surface area contributed by atoms with E-state index in [2.05, 4.69) is 31.1 Å². The number of pyridine rings is 2. The fourth-order valence-electron chi connectivity index (χ4n) is 13.8. The molecule has 17 nitrogen and oxygen atoms in total. The van der Waals surface area contributed by atoms with Gasteiger partial charge in [-0.2, -0.15) is 15.1 Å². The van der Waals surface area contributed by atoms with Gasteiger partial charge in [-0.1, -0.05) is 30.2 Å². The third-order valence-corrected chi connectivity index (χ3v) is 18.0. The molecule has 79 heavy (non-hydrogen) atoms. The summed E-state index contributed by atoms with van der Waals surface area (Å²) in [4.78, 5) is 63.2. The number of carbonyl (C=O) groups is 3. The second-order valence-corrected chi connectivity index (χ2v) is 22.5. The van der Waals surface area contributed by atoms with Crippen LogP contribution in [0.1, 0.15) is 106 Å². The van der Waals surface area contributed by atoms with Crippen molar-refractivity contribution >= 4 is 62.1 Å². The predicted octanol–water partition coefficient (Wildman–Crippen LogP) is 8.37. The van der Waals surface area contributed by atoms with Crippen molar-refractivity contribution in [3.05, 3.63) is 70.9 Å². The first-order valence-electron chi connectivity index (χ1n) is 28.1. The van der Waals surface area contributed by atoms with Crippen molar-refractivity contribution in [2.75, 3.05) is 82.5 Å². The molecule has 4 aromatic heterocycles. The Bertz CT molecular complexity index is 3400. The number of halogens is 3. The third-order valence-electron chi connectivity index (χ3n) is 18.0. The number of benzene rings is 2. The Balaban J connectivity index is 0.000000161. The third kappa shape index (κ3) is 9.84. The molecule has 414 valence electrons. The second kappa shape index (κ2) is 21.8. The zero-order valence-corrected chi connectivity index (χ0v) is 44.9. The number of imide groups is 1. The van der Waals surface area contributed by atoms with E-state index in [0.29, 0.717) is 100 Å². The smallest absolute Gasteiger partial charge is 0.409 e. The van der Waals surface area contributed by atoms with Crippen molar-refractivity contribution in [2.24, 2.45) is 18.9 Å². The molecule has 0 bridgehead atoms. The van der Waals surface area contributed by atoms with Crippen molar-refractivity contribution in [1.82, 2.24) is 44.8 Å². The van der Waals surface area contributed by atoms with Gasteiger partial charge in [0.25, 0.3) is 0 Å². The van der Waals surface area contributed by atoms with E-state index in [-0.39, 0.29) is 52.8 Å². The lowest BCUT2D eigenvalue weighted by Crippen LogP contribution is -2.43. The van der Waals surface area contributed by atoms with Gasteiger partial charge >= 0.3 is 12.1 Å². The van der Waals surface area contributed by atoms with Crippen LogP contribution in [0.5, 0.6) is 6.01 Å². The number of fused-ring (bicyclic) bond motifs is 5. The highest BCUT2D eigenvalue weighted by atomic mass is 19.1. The molecule has 6 fully saturated rings. The van der Waals surface area contributed by atoms with Crippen LogP contribution < -0.4 is 19.9 Å². The first-order valence-corrected chi connectivity index (χ1v) is 28.1. The minimum atomic E-state index is -0.589. The number of methoxy groups -OCH3 is 1. The molecule has 13 rings (SSSR count). The number of rotatable bonds is 8. The van der Waals surface area contributed by atoms with Gasteiger partial charge in [0.05, 0.1) is 53.6 Å². The average Bonchev–Trinajstić information content (AvgIpc) is 4.13. The molecule has 3 amide bonds. The van der Waals surface area contributed by atoms with Gasteiger partial charge in [0, 0.05) is 75.3 Å². The molecule has 0 aliphatic carbocycles. The SMILES string of the molecule is C#Cc1c(F)ccc2cccc(-c3nc4c5c(nc(OCC67CCCN6CCC7)nc5c3F)N3CCCOCC3CC4)c12.COC(=O)N1CCC(CC2CCN(c3ncc4c(C5CCC(=O)NC5=O)nn(C)c4c3F)CC2)CC1. The summed E-state index contributed by atoms with van der Waals surface area (Å²) in [5.41, 5.74) is 2.33. The summed E-state index contributed by atoms with van der Waals surface area (Å²) < 4.78 is 66.1. The van der Waals surface area contributed by atoms with E-state index in [0.717, 1.165) is 116 Å². The van der Waals surface area contributed by atoms with Crippen LogP contribution >= 0.6 is 0 Å². The molecule has 0 saturated carbocycles. The van der Waals surface area contributed by atoms with Crippen molar-refractivity contribution in [3.63, 3.8) is 0 Å². The Morgan fingerprint density at radius 1 is 0.873 bits per heavy atom. The van der Waals surface area contributed by atoms with Crippen LogP contribution in [0.25, 0.3) is 43.8 Å². The molecule has 0 radical (unpaired) electrons. The zero-order chi connectivity index (χ0) is 54.5. The van der Waals surface area contributed by atoms with Crippen LogP contribution in [0.15, 0.2) is 36.5 Å². The second-order valence-electron chi connectivity index (χ2n) is 22.5. The number of hydrogen-bond donors (Lipinski definition) is 1. The lowest BCUT2D eigenvalue weighted by molar-refractivity contribution is -0.134. The van der Waals surface area contributed by atoms with Crippen molar-refractivity contribution in [2.45, 2.75) is 107 Å². The Morgan fingerprint density at radius 2 is 1.65 bits per heavy atom. The molecule has 2 atom stereocenters. The maximum absolute atomic E-state index is 16.9. The number of hydrogen-bond acceptors (Lipinski definition) is 14. The van der Waals surface area contributed by atoms with E-state index in [4.69, 9.17) is 35.6 Å². The normalized spacial score (nSPS) is 21.7. The Hall–Kier alpha value is -7.11. The number of ether oxygens (including phenoxy) is 3. The van der Waals surface area contributed by atoms with Gasteiger partial charge in [0.2, 0.25) is 11.8 Å². The lowest BCUT2D eigenvalue weighted by Gasteiger charge is -2.36. The molecule has 7 aliphatic rings. The molecule has 2 aromatic carbocycles. The lowest BCUT2D eigenvalue weighted by atomic mass is 9.83. The summed E-state index contributed by atoms with van der Waals surface area (Å²) in [6.07, 6.45) is 19.5. The molecular formula is C59H66F3N11O6. The van der Waals surface area contributed by atoms with Gasteiger partial charge in [-0.05, 0) is 120 Å². The summed E-state index contributed by atoms with van der Waals surface area (Å²) in [5.74, 6) is 1.83. The standard InChI is InChI=1S/C34H33F2N5O2.C25H33FN6O4/c1-2-23-25(35)11-9-21-7-3-8-24(27(21)23)30-29(36)31-28-26(37-30)12-10-22-19-42-18-6-17-41(22)32(28)39-33(38-31)43-20-34-13-4-15-40(34)16-5-14-34;1-30-22-18(21(29-30)17-3-4-19(33)28-24(17)34)14-27-23(20(22)26)31-9-5-15(6-10-31)13-16-7-11-32(12-8-16)25(35)36-2/h1,3,7-9,11,22H,4-6,10,12-20H2;14-17H,3-13H2,1-2H3,(H,28,33,34). The topological polar surface area (TPSA) is 173 Å². The van der Waals surface area contributed by atoms with Crippen LogP contribution in [0, 0.1) is 41.6 Å². The highest BCUT2D eigenvalue weighted by Gasteiger charge is 2.45. The number of likely N-dealkylation sites (tertiary alicyclic amines) is 1. The van der Waals surface area contributed by atoms with E-state index < -0.39 is 29.3 Å². The van der Waals surface area contributed by atoms with E-state index in [1.807, 2.05) is 17.0 Å². The van der Waals surface area contributed by atoms with Crippen LogP contribution in [-0.4, -0.2) is 142 Å². The van der Waals surface area contributed by atoms with Crippen LogP contribution in [0.2, 0.25) is 0 Å². The zero-order valence-electron chi connectivity index (χ0n) is 44.9. The van der Waals surface area contributed by atoms with Gasteiger partial charge in [-0.15, -0.1) is 6.42 Å². The number of amides is 3. The summed E-state index contributed by atoms with van der Waals surface area (Å²) in [5, 5.41) is 9.11. The van der Waals surface area contributed by atoms with Gasteiger partial charge in [0.15, 0.2) is 17.5 Å². The molecule has 0 spiro atoms. The first-order chi connectivity index (χ1) is 38.4. The Morgan fingerprint density at radius 3 is 2.39 bits per heavy atom. The van der Waals surface area contributed by atoms with Gasteiger partial charge in [-0.3, -0.25) is 24.5 Å². The quantitative estimate of drug-likeness (QED) is 0.114. The van der Waals surface area contributed by atoms with E-state index in [1.165, 1.54) is 17.9 Å². The maximum atomic E-state index is 16.9. The molecule has 6 saturated heterocycles. The molecule has 1 N–H and O–H groups in total. The molecule has 7 aliphatic heterocycles. The number of carbonyl (C=O) groups excluding carboxylic acids is 3. The Kier molecular flexibility index (Phi) is 14.5. The maximum Gasteiger partial charge on any atom is 0.409 e. The van der Waals surface area contributed by atoms with E-state index in [1.54, 1.807) is 30.3 Å². The minimum absolute atomic E-state index is 0.00280. The monoisotopic (exact) mass is 1080 g/mol. The van der Waals surface area contributed by atoms with Crippen molar-refractivity contribution in [3.8, 4) is 29.6 Å². The van der Waals surface area contributed by atoms with Gasteiger partial charge in [-0.25, -0.2) is 27.9 Å². The van der Waals surface area contributed by atoms with Crippen LogP contribution in [0.4, 0.5) is 29.6 Å². The number of piperidine rings is 3. The summed E-state index contributed by atoms with van der Waals surface area (Å²) in [7, 11) is 3.09. The first kappa shape index (κ1) is 52.6. The number of anilines is 2. The molecule has 2 unspecified atom stereocenters. The number of nitrogens with zero attached hydrogens (tertiary/aromatic N) is 10. The minimum Gasteiger partial charge on any atom is -0.461 e. The van der Waals surface area contributed by atoms with Gasteiger partial charge < -0.3 is 28.9 Å². The van der Waals surface area contributed by atoms with E-state index >= 15 is 8.78 Å². The van der Waals surface area contributed by atoms with Gasteiger partial charge in [0.1, 0.15) is 35.0 Å². The fraction of sp³-hybridized carbons (Fsp3) is 0.525. The molecule has 6 aromatic rings. The highest BCUT2D eigenvalue weighted by Crippen LogP contribution is 2.43. The number of terminal acetylenes is 1. The molecule has 11 heterocycles. The summed E-state index contributed by atoms with van der Waals surface area (Å²) in [6.45, 7) is 7.59. The summed E-state index contributed by atoms with van der Waals surface area (Å²) in [6, 6.07) is 8.66. The highest BCUT2D eigenvalue weighted by molar-refractivity contribution is 6.04. The van der Waals surface area contributed by atoms with Crippen molar-refractivity contribution in [1.29, 1.82) is 0 Å². The molecular weight excluding hydrogens is 1020 g/mol. The summed E-state index contributed by atoms with van der Waals surface area (Å²) >= 11 is 0. The number of aromatic nitrogens is 6. The fourth-order valence-corrected chi connectivity index (χ4v) is 13.8. The Labute approximate surface area is 456 Å².